The fraction of sp³-hybridized carbons (Fsp3) is 0.583. The standard InChI is InChI=1S/C12H19N5O2/c1-8(2)16(7-9-3-4-9)12-6-10(17(18)19)5-11(14-12)15-13/h5-6,8-9H,3-4,7,13H2,1-2H3,(H,14,15). The molecule has 2 rings (SSSR count). The lowest BCUT2D eigenvalue weighted by atomic mass is 10.2. The second kappa shape index (κ2) is 5.40. The van der Waals surface area contributed by atoms with Gasteiger partial charge < -0.3 is 10.3 Å². The fourth-order valence-corrected chi connectivity index (χ4v) is 1.98. The number of pyridine rings is 1. The summed E-state index contributed by atoms with van der Waals surface area (Å²) in [7, 11) is 0. The van der Waals surface area contributed by atoms with E-state index in [9.17, 15) is 10.1 Å². The highest BCUT2D eigenvalue weighted by Crippen LogP contribution is 2.33. The molecule has 0 aliphatic heterocycles. The van der Waals surface area contributed by atoms with E-state index in [0.29, 0.717) is 17.6 Å². The molecule has 0 bridgehead atoms. The molecular formula is C12H19N5O2. The topological polar surface area (TPSA) is 97.3 Å². The summed E-state index contributed by atoms with van der Waals surface area (Å²) in [6.07, 6.45) is 2.44. The maximum absolute atomic E-state index is 10.9. The molecule has 0 unspecified atom stereocenters. The van der Waals surface area contributed by atoms with Gasteiger partial charge >= 0.3 is 0 Å². The van der Waals surface area contributed by atoms with Crippen LogP contribution in [0.4, 0.5) is 17.3 Å². The van der Waals surface area contributed by atoms with E-state index in [1.54, 1.807) is 0 Å². The number of aromatic nitrogens is 1. The van der Waals surface area contributed by atoms with E-state index in [2.05, 4.69) is 29.2 Å². The van der Waals surface area contributed by atoms with E-state index in [4.69, 9.17) is 5.84 Å². The highest BCUT2D eigenvalue weighted by Gasteiger charge is 2.27. The van der Waals surface area contributed by atoms with Crippen LogP contribution in [0.5, 0.6) is 0 Å². The minimum Gasteiger partial charge on any atom is -0.354 e. The predicted octanol–water partition coefficient (Wildman–Crippen LogP) is 1.90. The first-order valence-corrected chi connectivity index (χ1v) is 6.41. The van der Waals surface area contributed by atoms with Crippen molar-refractivity contribution >= 4 is 17.3 Å². The number of hydrogen-bond acceptors (Lipinski definition) is 6. The normalized spacial score (nSPS) is 14.5. The summed E-state index contributed by atoms with van der Waals surface area (Å²) in [6.45, 7) is 4.99. The molecule has 0 spiro atoms. The Labute approximate surface area is 111 Å². The molecule has 1 fully saturated rings. The summed E-state index contributed by atoms with van der Waals surface area (Å²) in [5.41, 5.74) is 2.38. The number of hydrazine groups is 1. The lowest BCUT2D eigenvalue weighted by molar-refractivity contribution is -0.384. The Bertz CT molecular complexity index is 473. The van der Waals surface area contributed by atoms with E-state index in [1.165, 1.54) is 25.0 Å². The summed E-state index contributed by atoms with van der Waals surface area (Å²) in [4.78, 5) is 16.9. The van der Waals surface area contributed by atoms with Crippen LogP contribution in [0.3, 0.4) is 0 Å². The van der Waals surface area contributed by atoms with Gasteiger partial charge in [-0.2, -0.15) is 0 Å². The molecule has 1 heterocycles. The summed E-state index contributed by atoms with van der Waals surface area (Å²) in [5.74, 6) is 6.91. The second-order valence-electron chi connectivity index (χ2n) is 5.16. The zero-order valence-electron chi connectivity index (χ0n) is 11.2. The number of anilines is 2. The quantitative estimate of drug-likeness (QED) is 0.463. The van der Waals surface area contributed by atoms with Gasteiger partial charge in [-0.05, 0) is 32.6 Å². The SMILES string of the molecule is CC(C)N(CC1CC1)c1cc([N+](=O)[O-])cc(NN)n1. The number of nitrogen functional groups attached to an aromatic ring is 1. The van der Waals surface area contributed by atoms with E-state index in [-0.39, 0.29) is 11.7 Å². The lowest BCUT2D eigenvalue weighted by Gasteiger charge is -2.28. The molecule has 1 aliphatic rings. The minimum atomic E-state index is -0.429. The Morgan fingerprint density at radius 1 is 1.58 bits per heavy atom. The molecule has 104 valence electrons. The van der Waals surface area contributed by atoms with Gasteiger partial charge in [-0.3, -0.25) is 10.1 Å². The Morgan fingerprint density at radius 3 is 2.74 bits per heavy atom. The Kier molecular flexibility index (Phi) is 3.84. The molecule has 19 heavy (non-hydrogen) atoms. The first kappa shape index (κ1) is 13.5. The van der Waals surface area contributed by atoms with Crippen LogP contribution >= 0.6 is 0 Å². The molecule has 7 heteroatoms. The van der Waals surface area contributed by atoms with Crippen molar-refractivity contribution in [2.24, 2.45) is 11.8 Å². The van der Waals surface area contributed by atoms with Crippen LogP contribution in [0.2, 0.25) is 0 Å². The van der Waals surface area contributed by atoms with Crippen molar-refractivity contribution in [1.82, 2.24) is 4.98 Å². The van der Waals surface area contributed by atoms with Crippen LogP contribution in [0.15, 0.2) is 12.1 Å². The molecule has 1 aliphatic carbocycles. The number of rotatable bonds is 6. The summed E-state index contributed by atoms with van der Waals surface area (Å²) >= 11 is 0. The first-order valence-electron chi connectivity index (χ1n) is 6.41. The Hall–Kier alpha value is -1.89. The zero-order chi connectivity index (χ0) is 14.0. The highest BCUT2D eigenvalue weighted by molar-refractivity contribution is 5.56. The van der Waals surface area contributed by atoms with Gasteiger partial charge in [0, 0.05) is 12.6 Å². The number of nitro groups is 1. The van der Waals surface area contributed by atoms with Gasteiger partial charge in [0.25, 0.3) is 5.69 Å². The highest BCUT2D eigenvalue weighted by atomic mass is 16.6. The van der Waals surface area contributed by atoms with Gasteiger partial charge in [-0.1, -0.05) is 0 Å². The molecule has 0 atom stereocenters. The molecule has 1 aromatic heterocycles. The van der Waals surface area contributed by atoms with Crippen LogP contribution in [-0.4, -0.2) is 22.5 Å². The van der Waals surface area contributed by atoms with Gasteiger partial charge in [0.05, 0.1) is 17.1 Å². The average Bonchev–Trinajstić information content (AvgIpc) is 3.18. The molecular weight excluding hydrogens is 246 g/mol. The van der Waals surface area contributed by atoms with Crippen LogP contribution in [-0.2, 0) is 0 Å². The zero-order valence-corrected chi connectivity index (χ0v) is 11.2. The van der Waals surface area contributed by atoms with Crippen LogP contribution in [0.1, 0.15) is 26.7 Å². The van der Waals surface area contributed by atoms with Crippen molar-refractivity contribution in [1.29, 1.82) is 0 Å². The fourth-order valence-electron chi connectivity index (χ4n) is 1.98. The largest absolute Gasteiger partial charge is 0.354 e. The van der Waals surface area contributed by atoms with Crippen molar-refractivity contribution in [3.63, 3.8) is 0 Å². The molecule has 0 saturated heterocycles. The third-order valence-corrected chi connectivity index (χ3v) is 3.22. The first-order chi connectivity index (χ1) is 9.01. The van der Waals surface area contributed by atoms with Crippen LogP contribution in [0, 0.1) is 16.0 Å². The van der Waals surface area contributed by atoms with E-state index in [1.807, 2.05) is 0 Å². The Morgan fingerprint density at radius 2 is 2.26 bits per heavy atom. The summed E-state index contributed by atoms with van der Waals surface area (Å²) < 4.78 is 0. The van der Waals surface area contributed by atoms with E-state index >= 15 is 0 Å². The van der Waals surface area contributed by atoms with Crippen LogP contribution < -0.4 is 16.2 Å². The smallest absolute Gasteiger partial charge is 0.276 e. The van der Waals surface area contributed by atoms with Crippen molar-refractivity contribution in [3.8, 4) is 0 Å². The maximum Gasteiger partial charge on any atom is 0.276 e. The van der Waals surface area contributed by atoms with Crippen LogP contribution in [0.25, 0.3) is 0 Å². The van der Waals surface area contributed by atoms with E-state index < -0.39 is 4.92 Å². The minimum absolute atomic E-state index is 0.000558. The molecule has 0 amide bonds. The van der Waals surface area contributed by atoms with Gasteiger partial charge in [0.2, 0.25) is 0 Å². The number of nitrogens with two attached hydrogens (primary N) is 1. The van der Waals surface area contributed by atoms with Gasteiger partial charge in [0.15, 0.2) is 0 Å². The molecule has 7 nitrogen and oxygen atoms in total. The second-order valence-corrected chi connectivity index (χ2v) is 5.16. The van der Waals surface area contributed by atoms with Crippen molar-refractivity contribution in [2.45, 2.75) is 32.7 Å². The van der Waals surface area contributed by atoms with E-state index in [0.717, 1.165) is 6.54 Å². The monoisotopic (exact) mass is 265 g/mol. The third-order valence-electron chi connectivity index (χ3n) is 3.22. The van der Waals surface area contributed by atoms with Gasteiger partial charge in [0.1, 0.15) is 11.6 Å². The molecule has 0 aromatic carbocycles. The predicted molar refractivity (Wildman–Crippen MR) is 73.9 cm³/mol. The van der Waals surface area contributed by atoms with Gasteiger partial charge in [-0.15, -0.1) is 0 Å². The number of nitrogens with one attached hydrogen (secondary N) is 1. The summed E-state index contributed by atoms with van der Waals surface area (Å²) in [6, 6.07) is 3.07. The lowest BCUT2D eigenvalue weighted by Crippen LogP contribution is -2.33. The van der Waals surface area contributed by atoms with Crippen molar-refractivity contribution < 1.29 is 4.92 Å². The summed E-state index contributed by atoms with van der Waals surface area (Å²) in [5, 5.41) is 10.9. The van der Waals surface area contributed by atoms with Crippen molar-refractivity contribution in [3.05, 3.63) is 22.2 Å². The maximum atomic E-state index is 10.9. The number of hydrogen-bond donors (Lipinski definition) is 2. The Balaban J connectivity index is 2.33. The average molecular weight is 265 g/mol. The van der Waals surface area contributed by atoms with Gasteiger partial charge in [-0.25, -0.2) is 10.8 Å². The molecule has 1 saturated carbocycles. The molecule has 3 N–H and O–H groups in total. The number of nitrogens with zero attached hydrogens (tertiary/aromatic N) is 3. The molecule has 0 radical (unpaired) electrons. The van der Waals surface area contributed by atoms with Crippen molar-refractivity contribution in [2.75, 3.05) is 16.9 Å². The molecule has 1 aromatic rings. The third kappa shape index (κ3) is 3.31.